The second kappa shape index (κ2) is 9.92. The summed E-state index contributed by atoms with van der Waals surface area (Å²) in [6.07, 6.45) is 8.01. The number of carboxylic acids is 1. The number of aromatic carboxylic acids is 1. The number of hydrogen-bond donors (Lipinski definition) is 1. The maximum Gasteiger partial charge on any atom is 0.335 e. The molecule has 0 spiro atoms. The molecule has 0 unspecified atom stereocenters. The lowest BCUT2D eigenvalue weighted by atomic mass is 9.93. The first-order valence-electron chi connectivity index (χ1n) is 10.7. The third kappa shape index (κ3) is 4.91. The number of allylic oxidation sites excluding steroid dienone is 6. The van der Waals surface area contributed by atoms with E-state index in [0.29, 0.717) is 28.7 Å². The lowest BCUT2D eigenvalue weighted by Gasteiger charge is -2.11. The predicted octanol–water partition coefficient (Wildman–Crippen LogP) is 6.04. The fraction of sp³-hybridized carbons (Fsp3) is 0.0714. The maximum atomic E-state index is 13.3. The van der Waals surface area contributed by atoms with Crippen LogP contribution in [-0.2, 0) is 11.2 Å². The van der Waals surface area contributed by atoms with Gasteiger partial charge in [0.15, 0.2) is 5.78 Å². The number of benzene rings is 3. The van der Waals surface area contributed by atoms with E-state index in [0.717, 1.165) is 11.1 Å². The van der Waals surface area contributed by atoms with Gasteiger partial charge in [-0.1, -0.05) is 66.8 Å². The molecule has 168 valence electrons. The summed E-state index contributed by atoms with van der Waals surface area (Å²) in [5.74, 6) is -1.38. The lowest BCUT2D eigenvalue weighted by molar-refractivity contribution is -0.384. The van der Waals surface area contributed by atoms with Gasteiger partial charge in [-0.2, -0.15) is 0 Å². The molecule has 4 rings (SSSR count). The zero-order chi connectivity index (χ0) is 24.1. The van der Waals surface area contributed by atoms with Gasteiger partial charge in [-0.3, -0.25) is 14.9 Å². The highest BCUT2D eigenvalue weighted by atomic mass is 16.6. The Morgan fingerprint density at radius 3 is 2.41 bits per heavy atom. The average Bonchev–Trinajstić information content (AvgIpc) is 3.11. The van der Waals surface area contributed by atoms with Gasteiger partial charge in [0.05, 0.1) is 16.1 Å². The van der Waals surface area contributed by atoms with Crippen LogP contribution in [0.5, 0.6) is 0 Å². The highest BCUT2D eigenvalue weighted by Crippen LogP contribution is 2.31. The Hall–Kier alpha value is -4.58. The molecule has 1 N–H and O–H groups in total. The van der Waals surface area contributed by atoms with Gasteiger partial charge in [-0.15, -0.1) is 0 Å². The molecule has 6 heteroatoms. The number of hydrogen-bond acceptors (Lipinski definition) is 4. The van der Waals surface area contributed by atoms with E-state index in [1.54, 1.807) is 24.3 Å². The van der Waals surface area contributed by atoms with Crippen molar-refractivity contribution in [1.82, 2.24) is 0 Å². The van der Waals surface area contributed by atoms with Crippen molar-refractivity contribution in [2.24, 2.45) is 0 Å². The topological polar surface area (TPSA) is 97.5 Å². The number of rotatable bonds is 7. The Labute approximate surface area is 196 Å². The molecule has 0 saturated carbocycles. The number of nitrogens with zero attached hydrogens (tertiary/aromatic N) is 1. The highest BCUT2D eigenvalue weighted by Gasteiger charge is 2.20. The number of Topliss-reactive ketones (excluding diaryl/α,β-unsaturated/α-hetero) is 1. The third-order valence-corrected chi connectivity index (χ3v) is 5.61. The number of nitro groups is 1. The fourth-order valence-electron chi connectivity index (χ4n) is 3.94. The molecular formula is C28H21NO5. The Bertz CT molecular complexity index is 1370. The summed E-state index contributed by atoms with van der Waals surface area (Å²) in [4.78, 5) is 36.1. The Morgan fingerprint density at radius 1 is 0.941 bits per heavy atom. The van der Waals surface area contributed by atoms with Crippen molar-refractivity contribution in [2.45, 2.75) is 12.8 Å². The van der Waals surface area contributed by atoms with Crippen LogP contribution < -0.4 is 0 Å². The van der Waals surface area contributed by atoms with Gasteiger partial charge < -0.3 is 5.11 Å². The zero-order valence-corrected chi connectivity index (χ0v) is 18.2. The van der Waals surface area contributed by atoms with Crippen LogP contribution in [0.2, 0.25) is 0 Å². The average molecular weight is 451 g/mol. The third-order valence-electron chi connectivity index (χ3n) is 5.61. The molecule has 0 atom stereocenters. The van der Waals surface area contributed by atoms with E-state index in [1.807, 2.05) is 54.6 Å². The van der Waals surface area contributed by atoms with E-state index < -0.39 is 10.9 Å². The molecule has 3 aromatic carbocycles. The minimum absolute atomic E-state index is 0.00436. The van der Waals surface area contributed by atoms with Crippen molar-refractivity contribution in [3.05, 3.63) is 129 Å². The second-order valence-electron chi connectivity index (χ2n) is 7.81. The van der Waals surface area contributed by atoms with Crippen molar-refractivity contribution in [3.63, 3.8) is 0 Å². The van der Waals surface area contributed by atoms with Crippen molar-refractivity contribution < 1.29 is 19.6 Å². The number of nitro benzene ring substituents is 1. The highest BCUT2D eigenvalue weighted by molar-refractivity contribution is 6.03. The van der Waals surface area contributed by atoms with Crippen molar-refractivity contribution in [3.8, 4) is 11.1 Å². The summed E-state index contributed by atoms with van der Waals surface area (Å²) in [5, 5.41) is 21.1. The molecule has 0 saturated heterocycles. The molecule has 0 fully saturated rings. The van der Waals surface area contributed by atoms with Gasteiger partial charge >= 0.3 is 5.97 Å². The number of ketones is 1. The summed E-state index contributed by atoms with van der Waals surface area (Å²) < 4.78 is 0. The summed E-state index contributed by atoms with van der Waals surface area (Å²) in [5.41, 5.74) is 3.43. The number of carbonyl (C=O) groups excluding carboxylic acids is 1. The van der Waals surface area contributed by atoms with Crippen LogP contribution >= 0.6 is 0 Å². The second-order valence-corrected chi connectivity index (χ2v) is 7.81. The van der Waals surface area contributed by atoms with Crippen LogP contribution in [0.25, 0.3) is 16.7 Å². The Balaban J connectivity index is 1.70. The van der Waals surface area contributed by atoms with Crippen LogP contribution in [0, 0.1) is 10.1 Å². The van der Waals surface area contributed by atoms with E-state index >= 15 is 0 Å². The molecule has 34 heavy (non-hydrogen) atoms. The van der Waals surface area contributed by atoms with Crippen LogP contribution in [0.1, 0.15) is 27.9 Å². The standard InChI is InChI=1S/C28H21NO5/c30-27(22-11-5-4-10-20(16-22)19-8-2-1-3-9-19)18-23-17-21(14-15-25(23)28(31)32)24-12-6-7-13-26(24)29(33)34/h1-4,6-17H,5,18H2,(H,31,32). The molecule has 1 aliphatic rings. The van der Waals surface area contributed by atoms with Crippen LogP contribution in [0.4, 0.5) is 5.69 Å². The minimum Gasteiger partial charge on any atom is -0.478 e. The molecule has 0 radical (unpaired) electrons. The summed E-state index contributed by atoms with van der Waals surface area (Å²) in [7, 11) is 0. The summed E-state index contributed by atoms with van der Waals surface area (Å²) in [6, 6.07) is 20.4. The Kier molecular flexibility index (Phi) is 6.59. The fourth-order valence-corrected chi connectivity index (χ4v) is 3.94. The van der Waals surface area contributed by atoms with Crippen molar-refractivity contribution >= 4 is 23.0 Å². The first-order valence-corrected chi connectivity index (χ1v) is 10.7. The molecule has 0 aromatic heterocycles. The van der Waals surface area contributed by atoms with Gasteiger partial charge in [-0.25, -0.2) is 4.79 Å². The number of carbonyl (C=O) groups is 2. The summed E-state index contributed by atoms with van der Waals surface area (Å²) >= 11 is 0. The van der Waals surface area contributed by atoms with E-state index in [-0.39, 0.29) is 23.5 Å². The van der Waals surface area contributed by atoms with Crippen molar-refractivity contribution in [2.75, 3.05) is 0 Å². The van der Waals surface area contributed by atoms with E-state index in [2.05, 4.69) is 0 Å². The monoisotopic (exact) mass is 451 g/mol. The Morgan fingerprint density at radius 2 is 1.68 bits per heavy atom. The van der Waals surface area contributed by atoms with Crippen LogP contribution in [0.15, 0.2) is 103 Å². The molecule has 3 aromatic rings. The van der Waals surface area contributed by atoms with Gasteiger partial charge in [0, 0.05) is 18.1 Å². The van der Waals surface area contributed by atoms with Gasteiger partial charge in [0.2, 0.25) is 0 Å². The normalized spacial score (nSPS) is 12.9. The molecule has 0 amide bonds. The van der Waals surface area contributed by atoms with E-state index in [4.69, 9.17) is 0 Å². The first kappa shape index (κ1) is 22.6. The van der Waals surface area contributed by atoms with Crippen LogP contribution in [-0.4, -0.2) is 21.8 Å². The summed E-state index contributed by atoms with van der Waals surface area (Å²) in [6.45, 7) is 0. The zero-order valence-electron chi connectivity index (χ0n) is 18.2. The van der Waals surface area contributed by atoms with Gasteiger partial charge in [0.1, 0.15) is 0 Å². The lowest BCUT2D eigenvalue weighted by Crippen LogP contribution is -2.10. The van der Waals surface area contributed by atoms with Gasteiger partial charge in [0.25, 0.3) is 5.69 Å². The van der Waals surface area contributed by atoms with Crippen molar-refractivity contribution in [1.29, 1.82) is 0 Å². The van der Waals surface area contributed by atoms with Gasteiger partial charge in [-0.05, 0) is 53.0 Å². The molecule has 0 aliphatic heterocycles. The van der Waals surface area contributed by atoms with Crippen LogP contribution in [0.3, 0.4) is 0 Å². The maximum absolute atomic E-state index is 13.3. The smallest absolute Gasteiger partial charge is 0.335 e. The number of carboxylic acid groups (broad SMARTS) is 1. The van der Waals surface area contributed by atoms with E-state index in [1.165, 1.54) is 18.2 Å². The molecule has 6 nitrogen and oxygen atoms in total. The van der Waals surface area contributed by atoms with E-state index in [9.17, 15) is 24.8 Å². The quantitative estimate of drug-likeness (QED) is 0.349. The first-order chi connectivity index (χ1) is 16.4. The molecule has 0 bridgehead atoms. The number of para-hydroxylation sites is 1. The largest absolute Gasteiger partial charge is 0.478 e. The SMILES string of the molecule is O=C(Cc1cc(-c2ccccc2[N+](=O)[O-])ccc1C(=O)O)C1=CCC=CC(c2ccccc2)=C1. The molecule has 1 aliphatic carbocycles. The predicted molar refractivity (Wildman–Crippen MR) is 130 cm³/mol. The minimum atomic E-state index is -1.16. The molecular weight excluding hydrogens is 430 g/mol. The molecule has 0 heterocycles.